The predicted molar refractivity (Wildman–Crippen MR) is 89.2 cm³/mol. The maximum Gasteiger partial charge on any atom is 0.306 e. The zero-order valence-electron chi connectivity index (χ0n) is 13.5. The van der Waals surface area contributed by atoms with Gasteiger partial charge in [0, 0.05) is 25.3 Å². The van der Waals surface area contributed by atoms with Crippen LogP contribution < -0.4 is 5.32 Å². The Morgan fingerprint density at radius 1 is 1.17 bits per heavy atom. The third kappa shape index (κ3) is 3.70. The Morgan fingerprint density at radius 2 is 1.83 bits per heavy atom. The fraction of sp³-hybridized carbons (Fsp3) is 0.625. The van der Waals surface area contributed by atoms with Gasteiger partial charge in [-0.05, 0) is 50.7 Å². The number of sulfonamides is 1. The van der Waals surface area contributed by atoms with E-state index in [9.17, 15) is 13.2 Å². The SMILES string of the molecule is O=C(O)C1CCC(Nc2ccc(S(=O)(=O)N3CCCC3)cn2)CC1. The summed E-state index contributed by atoms with van der Waals surface area (Å²) in [6, 6.07) is 3.46. The molecule has 2 N–H and O–H groups in total. The van der Waals surface area contributed by atoms with Crippen molar-refractivity contribution < 1.29 is 18.3 Å². The number of pyridine rings is 1. The molecule has 132 valence electrons. The van der Waals surface area contributed by atoms with Crippen molar-refractivity contribution in [2.75, 3.05) is 18.4 Å². The van der Waals surface area contributed by atoms with E-state index < -0.39 is 16.0 Å². The Hall–Kier alpha value is -1.67. The van der Waals surface area contributed by atoms with Gasteiger partial charge in [-0.15, -0.1) is 0 Å². The van der Waals surface area contributed by atoms with Gasteiger partial charge in [0.25, 0.3) is 0 Å². The van der Waals surface area contributed by atoms with Crippen molar-refractivity contribution in [3.8, 4) is 0 Å². The van der Waals surface area contributed by atoms with Crippen molar-refractivity contribution in [1.82, 2.24) is 9.29 Å². The van der Waals surface area contributed by atoms with Gasteiger partial charge in [0.1, 0.15) is 10.7 Å². The van der Waals surface area contributed by atoms with Crippen LogP contribution in [-0.4, -0.2) is 47.9 Å². The van der Waals surface area contributed by atoms with Crippen LogP contribution in [-0.2, 0) is 14.8 Å². The zero-order chi connectivity index (χ0) is 17.2. The van der Waals surface area contributed by atoms with Crippen molar-refractivity contribution in [3.05, 3.63) is 18.3 Å². The number of carboxylic acid groups (broad SMARTS) is 1. The van der Waals surface area contributed by atoms with E-state index >= 15 is 0 Å². The van der Waals surface area contributed by atoms with Crippen molar-refractivity contribution in [2.24, 2.45) is 5.92 Å². The summed E-state index contributed by atoms with van der Waals surface area (Å²) in [6.45, 7) is 1.16. The van der Waals surface area contributed by atoms with Gasteiger partial charge in [-0.25, -0.2) is 13.4 Å². The fourth-order valence-corrected chi connectivity index (χ4v) is 4.85. The van der Waals surface area contributed by atoms with Crippen LogP contribution >= 0.6 is 0 Å². The minimum absolute atomic E-state index is 0.189. The van der Waals surface area contributed by atoms with Crippen LogP contribution in [0.1, 0.15) is 38.5 Å². The highest BCUT2D eigenvalue weighted by molar-refractivity contribution is 7.89. The molecule has 0 spiro atoms. The third-order valence-corrected chi connectivity index (χ3v) is 6.75. The average Bonchev–Trinajstić information content (AvgIpc) is 3.11. The van der Waals surface area contributed by atoms with E-state index in [4.69, 9.17) is 5.11 Å². The normalized spacial score (nSPS) is 25.5. The molecule has 0 radical (unpaired) electrons. The summed E-state index contributed by atoms with van der Waals surface area (Å²) in [7, 11) is -3.43. The molecular weight excluding hydrogens is 330 g/mol. The Labute approximate surface area is 142 Å². The number of rotatable bonds is 5. The number of hydrogen-bond acceptors (Lipinski definition) is 5. The first kappa shape index (κ1) is 17.2. The summed E-state index contributed by atoms with van der Waals surface area (Å²) in [5.41, 5.74) is 0. The highest BCUT2D eigenvalue weighted by Crippen LogP contribution is 2.27. The number of carboxylic acids is 1. The van der Waals surface area contributed by atoms with Crippen LogP contribution in [0.15, 0.2) is 23.2 Å². The van der Waals surface area contributed by atoms with Gasteiger partial charge in [0.05, 0.1) is 5.92 Å². The number of carbonyl (C=O) groups is 1. The topological polar surface area (TPSA) is 99.6 Å². The Bertz CT molecular complexity index is 676. The molecule has 0 aromatic carbocycles. The molecule has 7 nitrogen and oxygen atoms in total. The lowest BCUT2D eigenvalue weighted by molar-refractivity contribution is -0.142. The largest absolute Gasteiger partial charge is 0.481 e. The van der Waals surface area contributed by atoms with E-state index in [1.165, 1.54) is 10.5 Å². The minimum atomic E-state index is -3.43. The Kier molecular flexibility index (Phi) is 5.05. The molecule has 3 rings (SSSR count). The summed E-state index contributed by atoms with van der Waals surface area (Å²) >= 11 is 0. The second kappa shape index (κ2) is 7.06. The number of aliphatic carboxylic acids is 1. The van der Waals surface area contributed by atoms with Crippen LogP contribution in [0.25, 0.3) is 0 Å². The summed E-state index contributed by atoms with van der Waals surface area (Å²) < 4.78 is 26.4. The predicted octanol–water partition coefficient (Wildman–Crippen LogP) is 1.92. The van der Waals surface area contributed by atoms with Crippen molar-refractivity contribution in [1.29, 1.82) is 0 Å². The van der Waals surface area contributed by atoms with Crippen LogP contribution in [0.5, 0.6) is 0 Å². The first-order chi connectivity index (χ1) is 11.5. The summed E-state index contributed by atoms with van der Waals surface area (Å²) in [5.74, 6) is -0.332. The number of hydrogen-bond donors (Lipinski definition) is 2. The molecule has 1 aliphatic carbocycles. The van der Waals surface area contributed by atoms with E-state index in [0.29, 0.717) is 31.7 Å². The maximum absolute atomic E-state index is 12.4. The minimum Gasteiger partial charge on any atom is -0.481 e. The Balaban J connectivity index is 1.60. The average molecular weight is 353 g/mol. The molecule has 1 aromatic rings. The van der Waals surface area contributed by atoms with E-state index in [2.05, 4.69) is 10.3 Å². The first-order valence-corrected chi connectivity index (χ1v) is 9.86. The molecule has 24 heavy (non-hydrogen) atoms. The van der Waals surface area contributed by atoms with E-state index in [1.54, 1.807) is 12.1 Å². The van der Waals surface area contributed by atoms with Crippen LogP contribution in [0.3, 0.4) is 0 Å². The zero-order valence-corrected chi connectivity index (χ0v) is 14.3. The summed E-state index contributed by atoms with van der Waals surface area (Å²) in [5, 5.41) is 12.3. The molecule has 0 amide bonds. The highest BCUT2D eigenvalue weighted by Gasteiger charge is 2.28. The highest BCUT2D eigenvalue weighted by atomic mass is 32.2. The fourth-order valence-electron chi connectivity index (χ4n) is 3.39. The van der Waals surface area contributed by atoms with Crippen molar-refractivity contribution in [2.45, 2.75) is 49.5 Å². The number of nitrogens with one attached hydrogen (secondary N) is 1. The lowest BCUT2D eigenvalue weighted by Gasteiger charge is -2.27. The monoisotopic (exact) mass is 353 g/mol. The van der Waals surface area contributed by atoms with Gasteiger partial charge in [0.15, 0.2) is 0 Å². The molecule has 2 heterocycles. The molecule has 2 fully saturated rings. The van der Waals surface area contributed by atoms with E-state index in [1.807, 2.05) is 0 Å². The lowest BCUT2D eigenvalue weighted by Crippen LogP contribution is -2.30. The third-order valence-electron chi connectivity index (χ3n) is 4.87. The van der Waals surface area contributed by atoms with Crippen LogP contribution in [0, 0.1) is 5.92 Å². The van der Waals surface area contributed by atoms with Gasteiger partial charge in [0.2, 0.25) is 10.0 Å². The van der Waals surface area contributed by atoms with Crippen LogP contribution in [0.2, 0.25) is 0 Å². The molecule has 0 bridgehead atoms. The van der Waals surface area contributed by atoms with Gasteiger partial charge in [-0.3, -0.25) is 4.79 Å². The molecule has 1 aliphatic heterocycles. The smallest absolute Gasteiger partial charge is 0.306 e. The van der Waals surface area contributed by atoms with Gasteiger partial charge in [-0.2, -0.15) is 4.31 Å². The van der Waals surface area contributed by atoms with E-state index in [0.717, 1.165) is 25.7 Å². The second-order valence-electron chi connectivity index (χ2n) is 6.52. The van der Waals surface area contributed by atoms with Gasteiger partial charge >= 0.3 is 5.97 Å². The lowest BCUT2D eigenvalue weighted by atomic mass is 9.86. The molecule has 1 aromatic heterocycles. The number of anilines is 1. The van der Waals surface area contributed by atoms with Gasteiger partial charge in [-0.1, -0.05) is 0 Å². The number of aromatic nitrogens is 1. The summed E-state index contributed by atoms with van der Waals surface area (Å²) in [4.78, 5) is 15.4. The quantitative estimate of drug-likeness (QED) is 0.839. The first-order valence-electron chi connectivity index (χ1n) is 8.42. The molecule has 2 aliphatic rings. The molecule has 1 saturated carbocycles. The molecular formula is C16H23N3O4S. The Morgan fingerprint density at radius 3 is 2.38 bits per heavy atom. The maximum atomic E-state index is 12.4. The standard InChI is InChI=1S/C16H23N3O4S/c20-16(21)12-3-5-13(6-4-12)18-15-8-7-14(11-17-15)24(22,23)19-9-1-2-10-19/h7-8,11-13H,1-6,9-10H2,(H,17,18)(H,20,21). The van der Waals surface area contributed by atoms with E-state index in [-0.39, 0.29) is 16.9 Å². The number of nitrogens with zero attached hydrogens (tertiary/aromatic N) is 2. The molecule has 0 atom stereocenters. The summed E-state index contributed by atoms with van der Waals surface area (Å²) in [6.07, 6.45) is 6.11. The van der Waals surface area contributed by atoms with Gasteiger partial charge < -0.3 is 10.4 Å². The second-order valence-corrected chi connectivity index (χ2v) is 8.46. The van der Waals surface area contributed by atoms with Crippen molar-refractivity contribution >= 4 is 21.8 Å². The van der Waals surface area contributed by atoms with Crippen molar-refractivity contribution in [3.63, 3.8) is 0 Å². The molecule has 1 saturated heterocycles. The molecule has 8 heteroatoms. The van der Waals surface area contributed by atoms with Crippen LogP contribution in [0.4, 0.5) is 5.82 Å². The molecule has 0 unspecified atom stereocenters.